The van der Waals surface area contributed by atoms with Crippen molar-refractivity contribution in [1.82, 2.24) is 19.6 Å². The number of hydrogen-bond donors (Lipinski definition) is 1. The molecule has 1 amide bonds. The maximum atomic E-state index is 12.1. The molecule has 3 rings (SSSR count). The van der Waals surface area contributed by atoms with Crippen LogP contribution in [0.5, 0.6) is 0 Å². The molecule has 7 heteroatoms. The lowest BCUT2D eigenvalue weighted by Gasteiger charge is -2.02. The smallest absolute Gasteiger partial charge is 0.249 e. The lowest BCUT2D eigenvalue weighted by molar-refractivity contribution is -0.111. The number of amides is 1. The molecule has 0 aliphatic carbocycles. The minimum Gasteiger partial charge on any atom is -0.306 e. The highest BCUT2D eigenvalue weighted by Gasteiger charge is 2.05. The van der Waals surface area contributed by atoms with Crippen molar-refractivity contribution in [3.63, 3.8) is 0 Å². The second-order valence-corrected chi connectivity index (χ2v) is 6.29. The largest absolute Gasteiger partial charge is 0.306 e. The molecule has 3 aromatic rings. The van der Waals surface area contributed by atoms with Crippen molar-refractivity contribution in [2.75, 3.05) is 5.32 Å². The van der Waals surface area contributed by atoms with E-state index in [-0.39, 0.29) is 5.91 Å². The molecule has 1 aromatic carbocycles. The lowest BCUT2D eigenvalue weighted by Crippen LogP contribution is -2.09. The SMILES string of the molecule is CCn1ncc(/C=C/C(=O)Nc2ccn(Cc3ccc(Cl)cc3)n2)c1C. The number of aromatic nitrogens is 4. The van der Waals surface area contributed by atoms with E-state index in [9.17, 15) is 4.79 Å². The van der Waals surface area contributed by atoms with Gasteiger partial charge < -0.3 is 5.32 Å². The third-order valence-electron chi connectivity index (χ3n) is 4.00. The predicted octanol–water partition coefficient (Wildman–Crippen LogP) is 3.76. The number of nitrogens with one attached hydrogen (secondary N) is 1. The Morgan fingerprint density at radius 2 is 2.04 bits per heavy atom. The van der Waals surface area contributed by atoms with Crippen LogP contribution in [0.15, 0.2) is 48.8 Å². The second kappa shape index (κ2) is 8.01. The number of anilines is 1. The van der Waals surface area contributed by atoms with Gasteiger partial charge >= 0.3 is 0 Å². The van der Waals surface area contributed by atoms with Gasteiger partial charge in [-0.05, 0) is 37.6 Å². The summed E-state index contributed by atoms with van der Waals surface area (Å²) in [6.07, 6.45) is 6.82. The molecule has 2 heterocycles. The van der Waals surface area contributed by atoms with E-state index in [0.717, 1.165) is 23.4 Å². The minimum atomic E-state index is -0.231. The van der Waals surface area contributed by atoms with Crippen LogP contribution in [0.3, 0.4) is 0 Å². The molecule has 0 aliphatic rings. The van der Waals surface area contributed by atoms with Crippen molar-refractivity contribution in [2.45, 2.75) is 26.9 Å². The number of aryl methyl sites for hydroxylation is 1. The quantitative estimate of drug-likeness (QED) is 0.673. The van der Waals surface area contributed by atoms with Crippen LogP contribution in [0.25, 0.3) is 6.08 Å². The van der Waals surface area contributed by atoms with E-state index in [4.69, 9.17) is 11.6 Å². The molecule has 0 unspecified atom stereocenters. The van der Waals surface area contributed by atoms with Crippen molar-refractivity contribution in [3.8, 4) is 0 Å². The normalized spacial score (nSPS) is 11.2. The molecule has 0 saturated carbocycles. The van der Waals surface area contributed by atoms with Gasteiger partial charge in [-0.2, -0.15) is 10.2 Å². The highest BCUT2D eigenvalue weighted by molar-refractivity contribution is 6.30. The third-order valence-corrected chi connectivity index (χ3v) is 4.26. The van der Waals surface area contributed by atoms with E-state index < -0.39 is 0 Å². The third kappa shape index (κ3) is 4.40. The van der Waals surface area contributed by atoms with Gasteiger partial charge in [-0.3, -0.25) is 14.2 Å². The van der Waals surface area contributed by atoms with Gasteiger partial charge in [-0.1, -0.05) is 23.7 Å². The van der Waals surface area contributed by atoms with E-state index in [1.807, 2.05) is 49.0 Å². The molecule has 26 heavy (non-hydrogen) atoms. The summed E-state index contributed by atoms with van der Waals surface area (Å²) < 4.78 is 3.65. The molecule has 0 spiro atoms. The number of hydrogen-bond acceptors (Lipinski definition) is 3. The zero-order chi connectivity index (χ0) is 18.5. The van der Waals surface area contributed by atoms with Crippen LogP contribution in [-0.4, -0.2) is 25.5 Å². The molecule has 134 valence electrons. The molecule has 0 saturated heterocycles. The van der Waals surface area contributed by atoms with Crippen LogP contribution >= 0.6 is 11.6 Å². The van der Waals surface area contributed by atoms with Crippen molar-refractivity contribution in [2.24, 2.45) is 0 Å². The van der Waals surface area contributed by atoms with E-state index in [0.29, 0.717) is 17.4 Å². The molecular formula is C19H20ClN5O. The summed E-state index contributed by atoms with van der Waals surface area (Å²) >= 11 is 5.89. The van der Waals surface area contributed by atoms with Crippen LogP contribution in [0.2, 0.25) is 5.02 Å². The summed E-state index contributed by atoms with van der Waals surface area (Å²) in [4.78, 5) is 12.1. The van der Waals surface area contributed by atoms with E-state index >= 15 is 0 Å². The standard InChI is InChI=1S/C19H20ClN5O/c1-3-25-14(2)16(12-21-25)6-9-19(26)22-18-10-11-24(23-18)13-15-4-7-17(20)8-5-15/h4-12H,3,13H2,1-2H3,(H,22,23,26)/b9-6+. The van der Waals surface area contributed by atoms with Gasteiger partial charge in [0.05, 0.1) is 12.7 Å². The van der Waals surface area contributed by atoms with Gasteiger partial charge in [0.2, 0.25) is 5.91 Å². The Kier molecular flexibility index (Phi) is 5.53. The fourth-order valence-corrected chi connectivity index (χ4v) is 2.70. The van der Waals surface area contributed by atoms with Gasteiger partial charge in [0.1, 0.15) is 0 Å². The summed E-state index contributed by atoms with van der Waals surface area (Å²) in [5.74, 6) is 0.278. The molecule has 1 N–H and O–H groups in total. The van der Waals surface area contributed by atoms with E-state index in [1.165, 1.54) is 6.08 Å². The highest BCUT2D eigenvalue weighted by atomic mass is 35.5. The van der Waals surface area contributed by atoms with Crippen LogP contribution in [0, 0.1) is 6.92 Å². The molecule has 2 aromatic heterocycles. The average molecular weight is 370 g/mol. The summed E-state index contributed by atoms with van der Waals surface area (Å²) in [5, 5.41) is 12.1. The number of nitrogens with zero attached hydrogens (tertiary/aromatic N) is 4. The summed E-state index contributed by atoms with van der Waals surface area (Å²) in [6, 6.07) is 9.35. The maximum absolute atomic E-state index is 12.1. The van der Waals surface area contributed by atoms with Crippen molar-refractivity contribution in [3.05, 3.63) is 70.6 Å². The van der Waals surface area contributed by atoms with Gasteiger partial charge in [-0.15, -0.1) is 0 Å². The monoisotopic (exact) mass is 369 g/mol. The van der Waals surface area contributed by atoms with Gasteiger partial charge in [0.25, 0.3) is 0 Å². The first kappa shape index (κ1) is 17.9. The number of carbonyl (C=O) groups is 1. The summed E-state index contributed by atoms with van der Waals surface area (Å²) in [6.45, 7) is 5.42. The summed E-state index contributed by atoms with van der Waals surface area (Å²) in [7, 11) is 0. The number of rotatable bonds is 6. The molecule has 0 fully saturated rings. The zero-order valence-electron chi connectivity index (χ0n) is 14.7. The van der Waals surface area contributed by atoms with Gasteiger partial charge in [-0.25, -0.2) is 0 Å². The number of benzene rings is 1. The van der Waals surface area contributed by atoms with Crippen LogP contribution in [0.1, 0.15) is 23.7 Å². The lowest BCUT2D eigenvalue weighted by atomic mass is 10.2. The summed E-state index contributed by atoms with van der Waals surface area (Å²) in [5.41, 5.74) is 3.04. The van der Waals surface area contributed by atoms with Gasteiger partial charge in [0.15, 0.2) is 5.82 Å². The topological polar surface area (TPSA) is 64.7 Å². The Morgan fingerprint density at radius 3 is 2.73 bits per heavy atom. The molecule has 0 bridgehead atoms. The Bertz CT molecular complexity index is 924. The first-order valence-electron chi connectivity index (χ1n) is 8.34. The van der Waals surface area contributed by atoms with E-state index in [2.05, 4.69) is 15.5 Å². The fraction of sp³-hybridized carbons (Fsp3) is 0.211. The van der Waals surface area contributed by atoms with Crippen LogP contribution in [0.4, 0.5) is 5.82 Å². The molecule has 0 atom stereocenters. The first-order valence-corrected chi connectivity index (χ1v) is 8.72. The van der Waals surface area contributed by atoms with Gasteiger partial charge in [0, 0.05) is 41.2 Å². The number of halogens is 1. The molecule has 6 nitrogen and oxygen atoms in total. The molecular weight excluding hydrogens is 350 g/mol. The Hall–Kier alpha value is -2.86. The number of carbonyl (C=O) groups excluding carboxylic acids is 1. The Morgan fingerprint density at radius 1 is 1.27 bits per heavy atom. The maximum Gasteiger partial charge on any atom is 0.249 e. The molecule has 0 aliphatic heterocycles. The van der Waals surface area contributed by atoms with Crippen molar-refractivity contribution < 1.29 is 4.79 Å². The first-order chi connectivity index (χ1) is 12.5. The fourth-order valence-electron chi connectivity index (χ4n) is 2.57. The van der Waals surface area contributed by atoms with Crippen LogP contribution in [-0.2, 0) is 17.9 Å². The zero-order valence-corrected chi connectivity index (χ0v) is 15.4. The van der Waals surface area contributed by atoms with E-state index in [1.54, 1.807) is 23.0 Å². The average Bonchev–Trinajstić information content (AvgIpc) is 3.21. The second-order valence-electron chi connectivity index (χ2n) is 5.85. The van der Waals surface area contributed by atoms with Crippen LogP contribution < -0.4 is 5.32 Å². The Balaban J connectivity index is 1.59. The highest BCUT2D eigenvalue weighted by Crippen LogP contribution is 2.12. The minimum absolute atomic E-state index is 0.231. The van der Waals surface area contributed by atoms with Crippen molar-refractivity contribution in [1.29, 1.82) is 0 Å². The predicted molar refractivity (Wildman–Crippen MR) is 103 cm³/mol. The van der Waals surface area contributed by atoms with Crippen molar-refractivity contribution >= 4 is 29.4 Å². The Labute approximate surface area is 157 Å². The molecule has 0 radical (unpaired) electrons.